The van der Waals surface area contributed by atoms with Gasteiger partial charge in [0, 0.05) is 6.08 Å². The third-order valence-electron chi connectivity index (χ3n) is 7.37. The lowest BCUT2D eigenvalue weighted by Crippen LogP contribution is -2.36. The Morgan fingerprint density at radius 2 is 1.85 bits per heavy atom. The van der Waals surface area contributed by atoms with E-state index < -0.39 is 0 Å². The number of hydrogen-bond donors (Lipinski definition) is 0. The first-order valence-corrected chi connectivity index (χ1v) is 8.29. The molecule has 2 nitrogen and oxygen atoms in total. The van der Waals surface area contributed by atoms with Crippen LogP contribution < -0.4 is 0 Å². The van der Waals surface area contributed by atoms with Crippen LogP contribution in [0, 0.1) is 47.3 Å². The Morgan fingerprint density at radius 1 is 1.10 bits per heavy atom. The first-order chi connectivity index (χ1) is 9.79. The van der Waals surface area contributed by atoms with Crippen molar-refractivity contribution in [2.45, 2.75) is 31.8 Å². The molecule has 0 aromatic carbocycles. The largest absolute Gasteiger partial charge is 0.459 e. The molecule has 0 radical (unpaired) electrons. The number of esters is 1. The first-order valence-electron chi connectivity index (χ1n) is 8.29. The van der Waals surface area contributed by atoms with Crippen molar-refractivity contribution in [2.24, 2.45) is 47.3 Å². The molecule has 9 atom stereocenters. The van der Waals surface area contributed by atoms with Crippen LogP contribution >= 0.6 is 0 Å². The van der Waals surface area contributed by atoms with Crippen molar-refractivity contribution in [1.29, 1.82) is 0 Å². The van der Waals surface area contributed by atoms with Crippen LogP contribution in [-0.4, -0.2) is 12.1 Å². The summed E-state index contributed by atoms with van der Waals surface area (Å²) < 4.78 is 5.76. The molecule has 0 saturated heterocycles. The van der Waals surface area contributed by atoms with Gasteiger partial charge < -0.3 is 4.74 Å². The molecule has 20 heavy (non-hydrogen) atoms. The smallest absolute Gasteiger partial charge is 0.330 e. The lowest BCUT2D eigenvalue weighted by molar-refractivity contribution is -0.145. The fourth-order valence-electron chi connectivity index (χ4n) is 7.10. The first kappa shape index (κ1) is 11.6. The van der Waals surface area contributed by atoms with Gasteiger partial charge in [-0.15, -0.1) is 0 Å². The molecule has 5 aliphatic rings. The average molecular weight is 270 g/mol. The molecule has 0 N–H and O–H groups in total. The monoisotopic (exact) mass is 270 g/mol. The normalized spacial score (nSPS) is 56.9. The number of carbonyl (C=O) groups is 1. The number of ether oxygens (including phenoxy) is 1. The van der Waals surface area contributed by atoms with E-state index in [0.717, 1.165) is 35.5 Å². The molecule has 0 aliphatic heterocycles. The van der Waals surface area contributed by atoms with Gasteiger partial charge in [-0.3, -0.25) is 0 Å². The van der Waals surface area contributed by atoms with Gasteiger partial charge in [0.15, 0.2) is 0 Å². The van der Waals surface area contributed by atoms with Crippen LogP contribution in [0.3, 0.4) is 0 Å². The minimum atomic E-state index is -0.209. The Bertz CT molecular complexity index is 508. The maximum absolute atomic E-state index is 11.6. The molecule has 106 valence electrons. The number of fused-ring (bicyclic) bond motifs is 12. The van der Waals surface area contributed by atoms with E-state index in [0.29, 0.717) is 11.8 Å². The van der Waals surface area contributed by atoms with Crippen LogP contribution in [0.5, 0.6) is 0 Å². The highest BCUT2D eigenvalue weighted by Crippen LogP contribution is 2.72. The Hall–Kier alpha value is -1.05. The molecule has 0 heterocycles. The number of carbonyl (C=O) groups excluding carboxylic acids is 1. The van der Waals surface area contributed by atoms with Crippen molar-refractivity contribution in [3.63, 3.8) is 0 Å². The lowest BCUT2D eigenvalue weighted by atomic mass is 9.64. The molecular weight excluding hydrogens is 248 g/mol. The minimum absolute atomic E-state index is 0.209. The zero-order chi connectivity index (χ0) is 13.4. The van der Waals surface area contributed by atoms with Gasteiger partial charge >= 0.3 is 5.97 Å². The van der Waals surface area contributed by atoms with Crippen molar-refractivity contribution < 1.29 is 9.53 Å². The van der Waals surface area contributed by atoms with E-state index in [9.17, 15) is 4.79 Å². The molecule has 0 amide bonds. The molecule has 5 rings (SSSR count). The second kappa shape index (κ2) is 3.78. The standard InChI is InChI=1S/C18H22O2/c1-2-15(19)20-18-11-6-7-12(18)17-14-8-13(16(11)17)9-4-3-5-10(9)14/h2-4,9-14,16-18H,1,5-8H2. The second-order valence-corrected chi connectivity index (χ2v) is 7.63. The number of rotatable bonds is 2. The average Bonchev–Trinajstić information content (AvgIpc) is 3.20. The van der Waals surface area contributed by atoms with E-state index in [1.165, 1.54) is 31.8 Å². The van der Waals surface area contributed by atoms with Gasteiger partial charge in [0.2, 0.25) is 0 Å². The summed E-state index contributed by atoms with van der Waals surface area (Å²) in [5.41, 5.74) is 0. The van der Waals surface area contributed by atoms with Crippen molar-refractivity contribution in [2.75, 3.05) is 0 Å². The van der Waals surface area contributed by atoms with Gasteiger partial charge in [-0.25, -0.2) is 4.79 Å². The number of allylic oxidation sites excluding steroid dienone is 2. The Kier molecular flexibility index (Phi) is 2.19. The van der Waals surface area contributed by atoms with Crippen LogP contribution in [0.15, 0.2) is 24.8 Å². The van der Waals surface area contributed by atoms with Crippen molar-refractivity contribution in [3.05, 3.63) is 24.8 Å². The molecule has 4 saturated carbocycles. The van der Waals surface area contributed by atoms with Gasteiger partial charge in [-0.2, -0.15) is 0 Å². The zero-order valence-electron chi connectivity index (χ0n) is 11.8. The summed E-state index contributed by atoms with van der Waals surface area (Å²) in [7, 11) is 0. The Labute approximate surface area is 120 Å². The number of hydrogen-bond acceptors (Lipinski definition) is 2. The van der Waals surface area contributed by atoms with Crippen LogP contribution in [0.1, 0.15) is 25.7 Å². The summed E-state index contributed by atoms with van der Waals surface area (Å²) in [6, 6.07) is 0. The van der Waals surface area contributed by atoms with Gasteiger partial charge in [0.05, 0.1) is 0 Å². The fourth-order valence-corrected chi connectivity index (χ4v) is 7.10. The van der Waals surface area contributed by atoms with Gasteiger partial charge in [0.25, 0.3) is 0 Å². The van der Waals surface area contributed by atoms with Crippen molar-refractivity contribution in [3.8, 4) is 0 Å². The topological polar surface area (TPSA) is 26.3 Å². The summed E-state index contributed by atoms with van der Waals surface area (Å²) >= 11 is 0. The van der Waals surface area contributed by atoms with E-state index in [4.69, 9.17) is 4.74 Å². The predicted molar refractivity (Wildman–Crippen MR) is 75.6 cm³/mol. The fraction of sp³-hybridized carbons (Fsp3) is 0.722. The van der Waals surface area contributed by atoms with Crippen molar-refractivity contribution in [1.82, 2.24) is 0 Å². The molecule has 5 aliphatic carbocycles. The summed E-state index contributed by atoms with van der Waals surface area (Å²) in [5, 5.41) is 0. The Balaban J connectivity index is 1.47. The lowest BCUT2D eigenvalue weighted by Gasteiger charge is -2.40. The van der Waals surface area contributed by atoms with Gasteiger partial charge in [0.1, 0.15) is 6.10 Å². The Morgan fingerprint density at radius 3 is 2.60 bits per heavy atom. The van der Waals surface area contributed by atoms with E-state index in [1.54, 1.807) is 0 Å². The highest BCUT2D eigenvalue weighted by Gasteiger charge is 2.69. The maximum atomic E-state index is 11.6. The quantitative estimate of drug-likeness (QED) is 0.333. The summed E-state index contributed by atoms with van der Waals surface area (Å²) in [6.07, 6.45) is 11.8. The third kappa shape index (κ3) is 1.20. The minimum Gasteiger partial charge on any atom is -0.459 e. The van der Waals surface area contributed by atoms with E-state index in [2.05, 4.69) is 18.7 Å². The maximum Gasteiger partial charge on any atom is 0.330 e. The zero-order valence-corrected chi connectivity index (χ0v) is 11.8. The summed E-state index contributed by atoms with van der Waals surface area (Å²) in [5.74, 6) is 6.42. The van der Waals surface area contributed by atoms with Crippen LogP contribution in [0.4, 0.5) is 0 Å². The highest BCUT2D eigenvalue weighted by atomic mass is 16.5. The molecule has 0 aromatic heterocycles. The molecule has 0 aromatic rings. The summed E-state index contributed by atoms with van der Waals surface area (Å²) in [6.45, 7) is 3.55. The van der Waals surface area contributed by atoms with Crippen LogP contribution in [0.25, 0.3) is 0 Å². The van der Waals surface area contributed by atoms with E-state index >= 15 is 0 Å². The SMILES string of the molecule is C=CC(=O)OC1C2CCC1C1C3CC(C4C=CCC43)C21. The van der Waals surface area contributed by atoms with Crippen molar-refractivity contribution >= 4 is 5.97 Å². The molecular formula is C18H22O2. The highest BCUT2D eigenvalue weighted by molar-refractivity contribution is 5.81. The van der Waals surface area contributed by atoms with E-state index in [-0.39, 0.29) is 12.1 Å². The van der Waals surface area contributed by atoms with Crippen LogP contribution in [0.2, 0.25) is 0 Å². The van der Waals surface area contributed by atoms with Gasteiger partial charge in [-0.1, -0.05) is 18.7 Å². The summed E-state index contributed by atoms with van der Waals surface area (Å²) in [4.78, 5) is 11.6. The van der Waals surface area contributed by atoms with Crippen LogP contribution in [-0.2, 0) is 9.53 Å². The molecule has 4 fully saturated rings. The molecule has 0 spiro atoms. The van der Waals surface area contributed by atoms with E-state index in [1.807, 2.05) is 0 Å². The molecule has 2 heteroatoms. The molecule has 9 unspecified atom stereocenters. The molecule has 4 bridgehead atoms. The van der Waals surface area contributed by atoms with Gasteiger partial charge in [-0.05, 0) is 73.0 Å². The predicted octanol–water partition coefficient (Wildman–Crippen LogP) is 3.20. The second-order valence-electron chi connectivity index (χ2n) is 7.63. The third-order valence-corrected chi connectivity index (χ3v) is 7.37.